The molecule has 0 atom stereocenters. The van der Waals surface area contributed by atoms with Crippen LogP contribution in [0, 0.1) is 10.5 Å². The van der Waals surface area contributed by atoms with Gasteiger partial charge in [0.15, 0.2) is 0 Å². The summed E-state index contributed by atoms with van der Waals surface area (Å²) in [7, 11) is 0. The van der Waals surface area contributed by atoms with Gasteiger partial charge in [-0.15, -0.1) is 0 Å². The van der Waals surface area contributed by atoms with E-state index in [1.165, 1.54) is 0 Å². The molecule has 0 saturated carbocycles. The molecule has 0 unspecified atom stereocenters. The molecular weight excluding hydrogens is 313 g/mol. The Labute approximate surface area is 109 Å². The summed E-state index contributed by atoms with van der Waals surface area (Å²) in [5.74, 6) is 0.682. The van der Waals surface area contributed by atoms with Gasteiger partial charge in [-0.3, -0.25) is 0 Å². The highest BCUT2D eigenvalue weighted by molar-refractivity contribution is 14.1. The number of benzene rings is 1. The van der Waals surface area contributed by atoms with Crippen molar-refractivity contribution in [3.05, 3.63) is 57.3 Å². The molecule has 1 aromatic heterocycles. The van der Waals surface area contributed by atoms with E-state index in [2.05, 4.69) is 27.6 Å². The number of aryl methyl sites for hydroxylation is 1. The topological polar surface area (TPSA) is 22.1 Å². The van der Waals surface area contributed by atoms with E-state index in [0.29, 0.717) is 12.5 Å². The van der Waals surface area contributed by atoms with Crippen LogP contribution < -0.4 is 4.74 Å². The van der Waals surface area contributed by atoms with Gasteiger partial charge >= 0.3 is 0 Å². The molecule has 16 heavy (non-hydrogen) atoms. The van der Waals surface area contributed by atoms with Gasteiger partial charge in [-0.2, -0.15) is 0 Å². The van der Waals surface area contributed by atoms with Gasteiger partial charge < -0.3 is 4.74 Å². The van der Waals surface area contributed by atoms with Crippen molar-refractivity contribution in [1.29, 1.82) is 0 Å². The zero-order valence-electron chi connectivity index (χ0n) is 8.98. The maximum Gasteiger partial charge on any atom is 0.213 e. The van der Waals surface area contributed by atoms with Crippen LogP contribution in [0.4, 0.5) is 0 Å². The van der Waals surface area contributed by atoms with Crippen LogP contribution in [0.1, 0.15) is 11.3 Å². The molecule has 0 spiro atoms. The lowest BCUT2D eigenvalue weighted by atomic mass is 10.2. The van der Waals surface area contributed by atoms with Gasteiger partial charge in [-0.25, -0.2) is 4.98 Å². The van der Waals surface area contributed by atoms with Gasteiger partial charge in [0.2, 0.25) is 5.88 Å². The Morgan fingerprint density at radius 1 is 1.12 bits per heavy atom. The summed E-state index contributed by atoms with van der Waals surface area (Å²) < 4.78 is 6.77. The molecule has 2 aromatic rings. The lowest BCUT2D eigenvalue weighted by Gasteiger charge is -2.06. The Balaban J connectivity index is 2.03. The van der Waals surface area contributed by atoms with Crippen LogP contribution in [0.5, 0.6) is 5.88 Å². The lowest BCUT2D eigenvalue weighted by Crippen LogP contribution is -1.98. The molecule has 0 amide bonds. The van der Waals surface area contributed by atoms with Crippen molar-refractivity contribution in [2.75, 3.05) is 0 Å². The standard InChI is InChI=1S/C13H12INO/c1-10-12(14)7-8-13(15-10)16-9-11-5-3-2-4-6-11/h2-8H,9H2,1H3. The Morgan fingerprint density at radius 2 is 1.88 bits per heavy atom. The third-order valence-electron chi connectivity index (χ3n) is 2.23. The van der Waals surface area contributed by atoms with Crippen LogP contribution in [0.15, 0.2) is 42.5 Å². The fourth-order valence-corrected chi connectivity index (χ4v) is 1.63. The first-order valence-corrected chi connectivity index (χ1v) is 6.13. The number of rotatable bonds is 3. The predicted octanol–water partition coefficient (Wildman–Crippen LogP) is 3.57. The number of halogens is 1. The summed E-state index contributed by atoms with van der Waals surface area (Å²) in [5.41, 5.74) is 2.16. The maximum absolute atomic E-state index is 5.61. The third-order valence-corrected chi connectivity index (χ3v) is 3.37. The number of ether oxygens (including phenoxy) is 1. The minimum atomic E-state index is 0.563. The van der Waals surface area contributed by atoms with Gasteiger partial charge in [0, 0.05) is 9.64 Å². The van der Waals surface area contributed by atoms with E-state index in [9.17, 15) is 0 Å². The van der Waals surface area contributed by atoms with Crippen molar-refractivity contribution < 1.29 is 4.74 Å². The summed E-state index contributed by atoms with van der Waals surface area (Å²) in [6, 6.07) is 14.0. The molecule has 1 aromatic carbocycles. The first kappa shape index (κ1) is 11.4. The summed E-state index contributed by atoms with van der Waals surface area (Å²) in [4.78, 5) is 4.36. The second kappa shape index (κ2) is 5.30. The van der Waals surface area contributed by atoms with Crippen LogP contribution in [0.2, 0.25) is 0 Å². The highest BCUT2D eigenvalue weighted by atomic mass is 127. The maximum atomic E-state index is 5.61. The summed E-state index contributed by atoms with van der Waals surface area (Å²) in [6.07, 6.45) is 0. The van der Waals surface area contributed by atoms with E-state index >= 15 is 0 Å². The van der Waals surface area contributed by atoms with Crippen molar-refractivity contribution in [2.24, 2.45) is 0 Å². The molecule has 2 nitrogen and oxygen atoms in total. The Hall–Kier alpha value is -1.10. The van der Waals surface area contributed by atoms with Crippen LogP contribution in [-0.4, -0.2) is 4.98 Å². The molecule has 1 heterocycles. The Kier molecular flexibility index (Phi) is 3.77. The van der Waals surface area contributed by atoms with Crippen molar-refractivity contribution in [3.63, 3.8) is 0 Å². The van der Waals surface area contributed by atoms with E-state index in [-0.39, 0.29) is 0 Å². The second-order valence-electron chi connectivity index (χ2n) is 3.49. The van der Waals surface area contributed by atoms with Gasteiger partial charge in [-0.05, 0) is 41.1 Å². The molecular formula is C13H12INO. The zero-order chi connectivity index (χ0) is 11.4. The number of nitrogens with zero attached hydrogens (tertiary/aromatic N) is 1. The predicted molar refractivity (Wildman–Crippen MR) is 72.5 cm³/mol. The van der Waals surface area contributed by atoms with Crippen molar-refractivity contribution in [2.45, 2.75) is 13.5 Å². The molecule has 82 valence electrons. The number of hydrogen-bond acceptors (Lipinski definition) is 2. The highest BCUT2D eigenvalue weighted by Gasteiger charge is 2.00. The molecule has 2 rings (SSSR count). The number of aromatic nitrogens is 1. The first-order chi connectivity index (χ1) is 7.75. The number of pyridine rings is 1. The van der Waals surface area contributed by atoms with E-state index in [1.807, 2.05) is 49.4 Å². The molecule has 0 aliphatic carbocycles. The smallest absolute Gasteiger partial charge is 0.213 e. The van der Waals surface area contributed by atoms with Gasteiger partial charge in [0.1, 0.15) is 6.61 Å². The highest BCUT2D eigenvalue weighted by Crippen LogP contribution is 2.15. The normalized spacial score (nSPS) is 10.1. The average molecular weight is 325 g/mol. The summed E-state index contributed by atoms with van der Waals surface area (Å²) >= 11 is 2.26. The zero-order valence-corrected chi connectivity index (χ0v) is 11.1. The van der Waals surface area contributed by atoms with Gasteiger partial charge in [0.05, 0.1) is 5.69 Å². The van der Waals surface area contributed by atoms with Gasteiger partial charge in [0.25, 0.3) is 0 Å². The Morgan fingerprint density at radius 3 is 2.56 bits per heavy atom. The molecule has 0 radical (unpaired) electrons. The van der Waals surface area contributed by atoms with Crippen LogP contribution in [-0.2, 0) is 6.61 Å². The fraction of sp³-hybridized carbons (Fsp3) is 0.154. The lowest BCUT2D eigenvalue weighted by molar-refractivity contribution is 0.293. The van der Waals surface area contributed by atoms with Crippen molar-refractivity contribution >= 4 is 22.6 Å². The minimum Gasteiger partial charge on any atom is -0.473 e. The number of hydrogen-bond donors (Lipinski definition) is 0. The first-order valence-electron chi connectivity index (χ1n) is 5.05. The quantitative estimate of drug-likeness (QED) is 0.805. The SMILES string of the molecule is Cc1nc(OCc2ccccc2)ccc1I. The molecule has 0 N–H and O–H groups in total. The molecule has 3 heteroatoms. The molecule has 0 aliphatic heterocycles. The fourth-order valence-electron chi connectivity index (χ4n) is 1.33. The third kappa shape index (κ3) is 2.95. The monoisotopic (exact) mass is 325 g/mol. The van der Waals surface area contributed by atoms with Crippen molar-refractivity contribution in [3.8, 4) is 5.88 Å². The molecule has 0 fully saturated rings. The van der Waals surface area contributed by atoms with E-state index < -0.39 is 0 Å². The molecule has 0 bridgehead atoms. The van der Waals surface area contributed by atoms with Gasteiger partial charge in [-0.1, -0.05) is 30.3 Å². The average Bonchev–Trinajstić information content (AvgIpc) is 2.32. The molecule has 0 aliphatic rings. The largest absolute Gasteiger partial charge is 0.473 e. The van der Waals surface area contributed by atoms with E-state index in [0.717, 1.165) is 14.8 Å². The summed E-state index contributed by atoms with van der Waals surface area (Å²) in [5, 5.41) is 0. The van der Waals surface area contributed by atoms with E-state index in [1.54, 1.807) is 0 Å². The van der Waals surface area contributed by atoms with Crippen LogP contribution in [0.3, 0.4) is 0 Å². The Bertz CT molecular complexity index is 471. The minimum absolute atomic E-state index is 0.563. The van der Waals surface area contributed by atoms with Crippen molar-refractivity contribution in [1.82, 2.24) is 4.98 Å². The van der Waals surface area contributed by atoms with Crippen LogP contribution >= 0.6 is 22.6 Å². The van der Waals surface area contributed by atoms with Crippen LogP contribution in [0.25, 0.3) is 0 Å². The second-order valence-corrected chi connectivity index (χ2v) is 4.65. The van der Waals surface area contributed by atoms with E-state index in [4.69, 9.17) is 4.74 Å². The summed E-state index contributed by atoms with van der Waals surface area (Å²) in [6.45, 7) is 2.55. The molecule has 0 saturated heterocycles.